The topological polar surface area (TPSA) is 99.3 Å². The van der Waals surface area contributed by atoms with Gasteiger partial charge >= 0.3 is 0 Å². The van der Waals surface area contributed by atoms with Crippen molar-refractivity contribution in [2.45, 2.75) is 50.2 Å². The van der Waals surface area contributed by atoms with E-state index < -0.39 is 10.0 Å². The summed E-state index contributed by atoms with van der Waals surface area (Å²) in [4.78, 5) is 4.76. The molecule has 0 saturated carbocycles. The summed E-state index contributed by atoms with van der Waals surface area (Å²) in [6.07, 6.45) is 4.66. The number of phenols is 1. The second kappa shape index (κ2) is 10.4. The number of likely N-dealkylation sites (tertiary alicyclic amines) is 2. The predicted octanol–water partition coefficient (Wildman–Crippen LogP) is 2.66. The Labute approximate surface area is 196 Å². The van der Waals surface area contributed by atoms with Crippen molar-refractivity contribution in [3.63, 3.8) is 0 Å². The van der Waals surface area contributed by atoms with Gasteiger partial charge in [-0.25, -0.2) is 8.42 Å². The molecule has 180 valence electrons. The molecule has 4 rings (SSSR count). The lowest BCUT2D eigenvalue weighted by atomic mass is 10.0. The van der Waals surface area contributed by atoms with Gasteiger partial charge in [0, 0.05) is 24.2 Å². The highest BCUT2D eigenvalue weighted by molar-refractivity contribution is 7.89. The molecule has 3 N–H and O–H groups in total. The largest absolute Gasteiger partial charge is 0.507 e. The van der Waals surface area contributed by atoms with E-state index in [9.17, 15) is 13.5 Å². The number of hydrogen-bond donors (Lipinski definition) is 2. The molecule has 2 aromatic carbocycles. The Morgan fingerprint density at radius 1 is 0.939 bits per heavy atom. The molecule has 2 aliphatic heterocycles. The quantitative estimate of drug-likeness (QED) is 0.426. The van der Waals surface area contributed by atoms with E-state index in [1.807, 2.05) is 12.1 Å². The van der Waals surface area contributed by atoms with Crippen LogP contribution in [0.3, 0.4) is 0 Å². The van der Waals surface area contributed by atoms with Gasteiger partial charge in [-0.3, -0.25) is 15.6 Å². The number of nitrogens with two attached hydrogens (primary N) is 1. The fourth-order valence-corrected chi connectivity index (χ4v) is 5.75. The fourth-order valence-electron chi connectivity index (χ4n) is 4.68. The van der Waals surface area contributed by atoms with Gasteiger partial charge in [-0.15, -0.1) is 4.41 Å². The number of methoxy groups -OCH3 is 1. The van der Waals surface area contributed by atoms with Crippen LogP contribution >= 0.6 is 0 Å². The fraction of sp³-hybridized carbons (Fsp3) is 0.500. The van der Waals surface area contributed by atoms with Crippen LogP contribution in [0, 0.1) is 0 Å². The Morgan fingerprint density at radius 3 is 1.88 bits per heavy atom. The summed E-state index contributed by atoms with van der Waals surface area (Å²) in [6.45, 7) is 5.39. The molecule has 2 aliphatic rings. The maximum atomic E-state index is 13.0. The Morgan fingerprint density at radius 2 is 1.42 bits per heavy atom. The minimum Gasteiger partial charge on any atom is -0.507 e. The first-order valence-corrected chi connectivity index (χ1v) is 13.0. The van der Waals surface area contributed by atoms with Crippen molar-refractivity contribution >= 4 is 10.0 Å². The van der Waals surface area contributed by atoms with E-state index in [4.69, 9.17) is 10.6 Å². The minimum absolute atomic E-state index is 0.0225. The van der Waals surface area contributed by atoms with Crippen LogP contribution in [0.4, 0.5) is 0 Å². The lowest BCUT2D eigenvalue weighted by Gasteiger charge is -2.23. The van der Waals surface area contributed by atoms with E-state index >= 15 is 0 Å². The van der Waals surface area contributed by atoms with Crippen molar-refractivity contribution in [1.29, 1.82) is 0 Å². The van der Waals surface area contributed by atoms with Crippen molar-refractivity contribution in [2.24, 2.45) is 5.84 Å². The van der Waals surface area contributed by atoms with Crippen molar-refractivity contribution in [3.8, 4) is 11.5 Å². The lowest BCUT2D eigenvalue weighted by Crippen LogP contribution is -2.36. The first-order valence-electron chi connectivity index (χ1n) is 11.6. The molecule has 2 saturated heterocycles. The first kappa shape index (κ1) is 24.0. The number of aromatic hydroxyl groups is 1. The number of nitrogens with zero attached hydrogens (tertiary/aromatic N) is 3. The van der Waals surface area contributed by atoms with Crippen LogP contribution in [-0.4, -0.2) is 61.0 Å². The summed E-state index contributed by atoms with van der Waals surface area (Å²) in [6, 6.07) is 9.97. The number of phenolic OH excluding ortho intramolecular Hbond substituents is 1. The van der Waals surface area contributed by atoms with Gasteiger partial charge in [0.15, 0.2) is 0 Å². The standard InChI is InChI=1S/C24H34N4O4S/c1-32-22-6-8-23(9-7-22)33(30,31)28(25)16-19-14-20(17-26-10-2-3-11-26)24(29)21(15-19)18-27-12-4-5-13-27/h6-9,14-15,29H,2-5,10-13,16-18,25H2,1H3. The van der Waals surface area contributed by atoms with E-state index in [1.165, 1.54) is 19.2 Å². The summed E-state index contributed by atoms with van der Waals surface area (Å²) in [5, 5.41) is 11.0. The number of rotatable bonds is 9. The number of sulfonamides is 1. The van der Waals surface area contributed by atoms with E-state index in [-0.39, 0.29) is 11.4 Å². The molecule has 0 aliphatic carbocycles. The summed E-state index contributed by atoms with van der Waals surface area (Å²) in [5.74, 6) is 6.98. The van der Waals surface area contributed by atoms with E-state index in [0.29, 0.717) is 24.6 Å². The van der Waals surface area contributed by atoms with Crippen LogP contribution in [0.2, 0.25) is 0 Å². The number of benzene rings is 2. The zero-order chi connectivity index (χ0) is 23.4. The maximum Gasteiger partial charge on any atom is 0.255 e. The second-order valence-corrected chi connectivity index (χ2v) is 10.8. The van der Waals surface area contributed by atoms with Crippen molar-refractivity contribution < 1.29 is 18.3 Å². The zero-order valence-corrected chi connectivity index (χ0v) is 20.1. The average molecular weight is 475 g/mol. The Balaban J connectivity index is 1.58. The molecule has 9 heteroatoms. The zero-order valence-electron chi connectivity index (χ0n) is 19.2. The summed E-state index contributed by atoms with van der Waals surface area (Å²) in [5.41, 5.74) is 2.44. The van der Waals surface area contributed by atoms with E-state index in [0.717, 1.165) is 73.0 Å². The normalized spacial score (nSPS) is 17.8. The van der Waals surface area contributed by atoms with Gasteiger partial charge in [0.1, 0.15) is 11.5 Å². The molecule has 0 radical (unpaired) electrons. The SMILES string of the molecule is COc1ccc(S(=O)(=O)N(N)Cc2cc(CN3CCCC3)c(O)c(CN3CCCC3)c2)cc1. The van der Waals surface area contributed by atoms with Gasteiger partial charge in [-0.05, 0) is 93.8 Å². The Bertz CT molecular complexity index is 1010. The van der Waals surface area contributed by atoms with Crippen LogP contribution < -0.4 is 10.6 Å². The third-order valence-corrected chi connectivity index (χ3v) is 8.13. The number of hydrazine groups is 1. The van der Waals surface area contributed by atoms with E-state index in [2.05, 4.69) is 9.80 Å². The molecule has 2 aromatic rings. The summed E-state index contributed by atoms with van der Waals surface area (Å²) >= 11 is 0. The molecule has 0 aromatic heterocycles. The predicted molar refractivity (Wildman–Crippen MR) is 127 cm³/mol. The minimum atomic E-state index is -3.87. The summed E-state index contributed by atoms with van der Waals surface area (Å²) < 4.78 is 32.0. The molecule has 8 nitrogen and oxygen atoms in total. The lowest BCUT2D eigenvalue weighted by molar-refractivity contribution is 0.312. The number of hydrogen-bond acceptors (Lipinski definition) is 7. The van der Waals surface area contributed by atoms with Gasteiger partial charge < -0.3 is 9.84 Å². The van der Waals surface area contributed by atoms with Crippen LogP contribution in [0.1, 0.15) is 42.4 Å². The van der Waals surface area contributed by atoms with Gasteiger partial charge in [-0.1, -0.05) is 0 Å². The highest BCUT2D eigenvalue weighted by Crippen LogP contribution is 2.30. The first-order chi connectivity index (χ1) is 15.9. The molecule has 0 bridgehead atoms. The van der Waals surface area contributed by atoms with Gasteiger partial charge in [0.2, 0.25) is 0 Å². The van der Waals surface area contributed by atoms with Gasteiger partial charge in [0.25, 0.3) is 10.0 Å². The van der Waals surface area contributed by atoms with Crippen molar-refractivity contribution in [2.75, 3.05) is 33.3 Å². The van der Waals surface area contributed by atoms with Crippen LogP contribution in [0.15, 0.2) is 41.3 Å². The Hall–Kier alpha value is -2.17. The highest BCUT2D eigenvalue weighted by atomic mass is 32.2. The van der Waals surface area contributed by atoms with Crippen LogP contribution in [0.5, 0.6) is 11.5 Å². The van der Waals surface area contributed by atoms with Gasteiger partial charge in [-0.2, -0.15) is 0 Å². The van der Waals surface area contributed by atoms with Crippen molar-refractivity contribution in [1.82, 2.24) is 14.2 Å². The maximum absolute atomic E-state index is 13.0. The second-order valence-electron chi connectivity index (χ2n) is 8.95. The third kappa shape index (κ3) is 5.67. The highest BCUT2D eigenvalue weighted by Gasteiger charge is 2.24. The molecule has 2 fully saturated rings. The van der Waals surface area contributed by atoms with Crippen molar-refractivity contribution in [3.05, 3.63) is 53.1 Å². The monoisotopic (exact) mass is 474 g/mol. The van der Waals surface area contributed by atoms with Gasteiger partial charge in [0.05, 0.1) is 18.6 Å². The molecule has 2 heterocycles. The molecule has 0 spiro atoms. The number of ether oxygens (including phenoxy) is 1. The molecule has 33 heavy (non-hydrogen) atoms. The smallest absolute Gasteiger partial charge is 0.255 e. The van der Waals surface area contributed by atoms with Crippen LogP contribution in [0.25, 0.3) is 0 Å². The third-order valence-electron chi connectivity index (χ3n) is 6.52. The van der Waals surface area contributed by atoms with Crippen LogP contribution in [-0.2, 0) is 29.7 Å². The molecule has 0 unspecified atom stereocenters. The van der Waals surface area contributed by atoms with E-state index in [1.54, 1.807) is 12.1 Å². The molecule has 0 amide bonds. The Kier molecular flexibility index (Phi) is 7.55. The summed E-state index contributed by atoms with van der Waals surface area (Å²) in [7, 11) is -2.34. The molecular weight excluding hydrogens is 440 g/mol. The average Bonchev–Trinajstić information content (AvgIpc) is 3.51. The molecule has 0 atom stereocenters. The molecular formula is C24H34N4O4S.